The lowest BCUT2D eigenvalue weighted by Gasteiger charge is -2.19. The minimum Gasteiger partial charge on any atom is -0.462 e. The molecule has 1 aromatic heterocycles. The van der Waals surface area contributed by atoms with Crippen LogP contribution in [0.3, 0.4) is 0 Å². The number of aromatic nitrogens is 1. The molecule has 0 aliphatic carbocycles. The van der Waals surface area contributed by atoms with Crippen molar-refractivity contribution >= 4 is 40.1 Å². The summed E-state index contributed by atoms with van der Waals surface area (Å²) in [6, 6.07) is 14.9. The lowest BCUT2D eigenvalue weighted by molar-refractivity contribution is -0.128. The Labute approximate surface area is 174 Å². The van der Waals surface area contributed by atoms with Crippen molar-refractivity contribution in [1.82, 2.24) is 9.88 Å². The minimum atomic E-state index is -0.505. The van der Waals surface area contributed by atoms with Crippen LogP contribution >= 0.6 is 11.6 Å². The van der Waals surface area contributed by atoms with Crippen LogP contribution in [0, 0.1) is 0 Å². The highest BCUT2D eigenvalue weighted by atomic mass is 35.5. The van der Waals surface area contributed by atoms with Crippen molar-refractivity contribution in [2.75, 3.05) is 25.5 Å². The fraction of sp³-hybridized carbons (Fsp3) is 0.227. The van der Waals surface area contributed by atoms with E-state index >= 15 is 0 Å². The first kappa shape index (κ1) is 20.6. The van der Waals surface area contributed by atoms with Crippen LogP contribution in [0.15, 0.2) is 54.7 Å². The van der Waals surface area contributed by atoms with E-state index in [0.717, 1.165) is 5.56 Å². The highest BCUT2D eigenvalue weighted by Gasteiger charge is 2.18. The second kappa shape index (κ2) is 9.39. The molecule has 0 aliphatic rings. The lowest BCUT2D eigenvalue weighted by Crippen LogP contribution is -2.32. The summed E-state index contributed by atoms with van der Waals surface area (Å²) in [5.41, 5.74) is 2.45. The van der Waals surface area contributed by atoms with Gasteiger partial charge in [-0.2, -0.15) is 0 Å². The summed E-state index contributed by atoms with van der Waals surface area (Å²) in [7, 11) is 1.74. The van der Waals surface area contributed by atoms with Crippen molar-refractivity contribution in [3.8, 4) is 0 Å². The van der Waals surface area contributed by atoms with Gasteiger partial charge in [0.05, 0.1) is 24.4 Å². The number of carbonyl (C=O) groups excluding carboxylic acids is 2. The molecule has 0 atom stereocenters. The van der Waals surface area contributed by atoms with Gasteiger partial charge in [-0.1, -0.05) is 41.9 Å². The zero-order chi connectivity index (χ0) is 20.8. The maximum atomic E-state index is 12.6. The summed E-state index contributed by atoms with van der Waals surface area (Å²) in [6.07, 6.45) is 1.45. The Morgan fingerprint density at radius 3 is 2.66 bits per heavy atom. The predicted molar refractivity (Wildman–Crippen MR) is 114 cm³/mol. The van der Waals surface area contributed by atoms with Gasteiger partial charge in [0.2, 0.25) is 5.91 Å². The van der Waals surface area contributed by atoms with Gasteiger partial charge in [0, 0.05) is 30.2 Å². The van der Waals surface area contributed by atoms with Gasteiger partial charge in [0.1, 0.15) is 5.56 Å². The number of benzene rings is 2. The molecule has 0 spiro atoms. The largest absolute Gasteiger partial charge is 0.462 e. The van der Waals surface area contributed by atoms with E-state index in [1.54, 1.807) is 37.1 Å². The van der Waals surface area contributed by atoms with Crippen molar-refractivity contribution in [3.63, 3.8) is 0 Å². The van der Waals surface area contributed by atoms with Crippen molar-refractivity contribution in [2.24, 2.45) is 0 Å². The van der Waals surface area contributed by atoms with Crippen molar-refractivity contribution < 1.29 is 14.3 Å². The Balaban J connectivity index is 1.83. The predicted octanol–water partition coefficient (Wildman–Crippen LogP) is 4.14. The monoisotopic (exact) mass is 411 g/mol. The number of fused-ring (bicyclic) bond motifs is 1. The molecular formula is C22H22ClN3O3. The van der Waals surface area contributed by atoms with Crippen LogP contribution in [-0.4, -0.2) is 42.0 Å². The summed E-state index contributed by atoms with van der Waals surface area (Å²) in [4.78, 5) is 31.0. The number of esters is 1. The smallest absolute Gasteiger partial charge is 0.341 e. The van der Waals surface area contributed by atoms with E-state index in [2.05, 4.69) is 10.3 Å². The fourth-order valence-corrected chi connectivity index (χ4v) is 3.14. The Morgan fingerprint density at radius 1 is 1.17 bits per heavy atom. The van der Waals surface area contributed by atoms with Crippen LogP contribution in [0.4, 0.5) is 5.69 Å². The number of nitrogens with one attached hydrogen (secondary N) is 1. The third-order valence-corrected chi connectivity index (χ3v) is 4.67. The number of likely N-dealkylation sites (N-methyl/N-ethyl adjacent to an activating group) is 1. The standard InChI is InChI=1S/C22H22ClN3O3/c1-3-29-22(28)18-12-24-19-10-9-16(23)11-17(19)21(18)25-13-20(27)26(2)14-15-7-5-4-6-8-15/h4-12H,3,13-14H2,1-2H3,(H,24,25). The number of rotatable bonds is 7. The Morgan fingerprint density at radius 2 is 1.93 bits per heavy atom. The van der Waals surface area contributed by atoms with Gasteiger partial charge in [-0.25, -0.2) is 4.79 Å². The molecule has 0 unspecified atom stereocenters. The second-order valence-corrected chi connectivity index (χ2v) is 6.95. The zero-order valence-corrected chi connectivity index (χ0v) is 17.1. The molecule has 1 amide bonds. The first-order valence-electron chi connectivity index (χ1n) is 9.26. The Kier molecular flexibility index (Phi) is 6.67. The molecule has 3 aromatic rings. The van der Waals surface area contributed by atoms with Gasteiger partial charge < -0.3 is 15.0 Å². The quantitative estimate of drug-likeness (QED) is 0.592. The number of anilines is 1. The summed E-state index contributed by atoms with van der Waals surface area (Å²) in [6.45, 7) is 2.49. The maximum absolute atomic E-state index is 12.6. The van der Waals surface area contributed by atoms with Gasteiger partial charge in [-0.05, 0) is 30.7 Å². The third kappa shape index (κ3) is 5.03. The number of hydrogen-bond donors (Lipinski definition) is 1. The van der Waals surface area contributed by atoms with Crippen LogP contribution in [-0.2, 0) is 16.1 Å². The van der Waals surface area contributed by atoms with Gasteiger partial charge >= 0.3 is 5.97 Å². The molecule has 7 heteroatoms. The van der Waals surface area contributed by atoms with Crippen LogP contribution in [0.5, 0.6) is 0 Å². The van der Waals surface area contributed by atoms with Crippen LogP contribution in [0.2, 0.25) is 5.02 Å². The molecular weight excluding hydrogens is 390 g/mol. The summed E-state index contributed by atoms with van der Waals surface area (Å²) < 4.78 is 5.13. The van der Waals surface area contributed by atoms with E-state index in [1.807, 2.05) is 30.3 Å². The number of ether oxygens (including phenoxy) is 1. The molecule has 0 aliphatic heterocycles. The average Bonchev–Trinajstić information content (AvgIpc) is 2.72. The van der Waals surface area contributed by atoms with E-state index in [4.69, 9.17) is 16.3 Å². The number of halogens is 1. The van der Waals surface area contributed by atoms with Gasteiger partial charge in [0.15, 0.2) is 0 Å². The van der Waals surface area contributed by atoms with E-state index in [1.165, 1.54) is 6.20 Å². The van der Waals surface area contributed by atoms with Crippen molar-refractivity contribution in [2.45, 2.75) is 13.5 Å². The first-order chi connectivity index (χ1) is 14.0. The summed E-state index contributed by atoms with van der Waals surface area (Å²) in [5, 5.41) is 4.26. The summed E-state index contributed by atoms with van der Waals surface area (Å²) >= 11 is 6.14. The second-order valence-electron chi connectivity index (χ2n) is 6.52. The molecule has 1 heterocycles. The molecule has 0 saturated heterocycles. The van der Waals surface area contributed by atoms with Crippen LogP contribution < -0.4 is 5.32 Å². The number of amides is 1. The maximum Gasteiger partial charge on any atom is 0.341 e. The van der Waals surface area contributed by atoms with E-state index in [9.17, 15) is 9.59 Å². The fourth-order valence-electron chi connectivity index (χ4n) is 2.96. The summed E-state index contributed by atoms with van der Waals surface area (Å²) in [5.74, 6) is -0.620. The third-order valence-electron chi connectivity index (χ3n) is 4.43. The van der Waals surface area contributed by atoms with Gasteiger partial charge in [-0.3, -0.25) is 9.78 Å². The molecule has 29 heavy (non-hydrogen) atoms. The minimum absolute atomic E-state index is 0.0152. The molecule has 3 rings (SSSR count). The van der Waals surface area contributed by atoms with Crippen molar-refractivity contribution in [3.05, 3.63) is 70.9 Å². The molecule has 0 bridgehead atoms. The highest BCUT2D eigenvalue weighted by Crippen LogP contribution is 2.29. The normalized spacial score (nSPS) is 10.6. The van der Waals surface area contributed by atoms with E-state index in [0.29, 0.717) is 28.2 Å². The van der Waals surface area contributed by atoms with Crippen molar-refractivity contribution in [1.29, 1.82) is 0 Å². The van der Waals surface area contributed by atoms with Gasteiger partial charge in [-0.15, -0.1) is 0 Å². The SMILES string of the molecule is CCOC(=O)c1cnc2ccc(Cl)cc2c1NCC(=O)N(C)Cc1ccccc1. The molecule has 0 radical (unpaired) electrons. The van der Waals surface area contributed by atoms with Crippen LogP contribution in [0.25, 0.3) is 10.9 Å². The van der Waals surface area contributed by atoms with Crippen LogP contribution in [0.1, 0.15) is 22.8 Å². The first-order valence-corrected chi connectivity index (χ1v) is 9.64. The number of pyridine rings is 1. The topological polar surface area (TPSA) is 71.5 Å². The van der Waals surface area contributed by atoms with E-state index in [-0.39, 0.29) is 24.6 Å². The van der Waals surface area contributed by atoms with Gasteiger partial charge in [0.25, 0.3) is 0 Å². The molecule has 6 nitrogen and oxygen atoms in total. The number of nitrogens with zero attached hydrogens (tertiary/aromatic N) is 2. The Bertz CT molecular complexity index is 1020. The molecule has 0 fully saturated rings. The van der Waals surface area contributed by atoms with E-state index < -0.39 is 5.97 Å². The molecule has 150 valence electrons. The Hall–Kier alpha value is -3.12. The molecule has 1 N–H and O–H groups in total. The molecule has 0 saturated carbocycles. The molecule has 2 aromatic carbocycles. The zero-order valence-electron chi connectivity index (χ0n) is 16.3. The average molecular weight is 412 g/mol. The lowest BCUT2D eigenvalue weighted by atomic mass is 10.1. The number of carbonyl (C=O) groups is 2. The highest BCUT2D eigenvalue weighted by molar-refractivity contribution is 6.31. The number of hydrogen-bond acceptors (Lipinski definition) is 5.